The van der Waals surface area contributed by atoms with Crippen LogP contribution in [0.2, 0.25) is 0 Å². The molecule has 8 aromatic carbocycles. The highest BCUT2D eigenvalue weighted by Crippen LogP contribution is 2.41. The lowest BCUT2D eigenvalue weighted by atomic mass is 9.96. The largest absolute Gasteiger partial charge is 0.450 e. The molecule has 12 heteroatoms. The van der Waals surface area contributed by atoms with Crippen molar-refractivity contribution in [3.05, 3.63) is 282 Å². The average Bonchev–Trinajstić information content (AvgIpc) is 3.55. The highest BCUT2D eigenvalue weighted by Gasteiger charge is 2.55. The highest BCUT2D eigenvalue weighted by atomic mass is 32.2. The molecule has 10 rings (SSSR count). The molecule has 406 valence electrons. The summed E-state index contributed by atoms with van der Waals surface area (Å²) in [7, 11) is 0. The first-order valence-corrected chi connectivity index (χ1v) is 27.8. The molecule has 10 atom stereocenters. The number of rotatable bonds is 26. The molecule has 0 spiro atoms. The van der Waals surface area contributed by atoms with Gasteiger partial charge in [-0.1, -0.05) is 230 Å². The van der Waals surface area contributed by atoms with Gasteiger partial charge in [0.2, 0.25) is 0 Å². The maximum absolute atomic E-state index is 14.7. The molecule has 0 aromatic heterocycles. The Labute approximate surface area is 467 Å². The number of carbonyl (C=O) groups excluding carboxylic acids is 1. The van der Waals surface area contributed by atoms with Crippen molar-refractivity contribution in [2.24, 2.45) is 0 Å². The summed E-state index contributed by atoms with van der Waals surface area (Å²) in [6.07, 6.45) is -8.37. The van der Waals surface area contributed by atoms with Gasteiger partial charge in [0.1, 0.15) is 48.2 Å². The molecule has 0 aliphatic carbocycles. The lowest BCUT2D eigenvalue weighted by molar-refractivity contribution is -0.349. The summed E-state index contributed by atoms with van der Waals surface area (Å²) in [4.78, 5) is 15.6. The molecule has 79 heavy (non-hydrogen) atoms. The van der Waals surface area contributed by atoms with Gasteiger partial charge in [-0.15, -0.1) is 0 Å². The van der Waals surface area contributed by atoms with Gasteiger partial charge in [-0.2, -0.15) is 0 Å². The fourth-order valence-corrected chi connectivity index (χ4v) is 10.8. The van der Waals surface area contributed by atoms with Crippen molar-refractivity contribution >= 4 is 17.7 Å². The second kappa shape index (κ2) is 29.4. The van der Waals surface area contributed by atoms with Gasteiger partial charge in [-0.05, 0) is 57.6 Å². The van der Waals surface area contributed by atoms with Gasteiger partial charge in [-0.25, -0.2) is 4.79 Å². The smallest absolute Gasteiger partial charge is 0.338 e. The summed E-state index contributed by atoms with van der Waals surface area (Å²) in [6.45, 7) is 1.71. The van der Waals surface area contributed by atoms with Gasteiger partial charge >= 0.3 is 5.97 Å². The Morgan fingerprint density at radius 3 is 1.09 bits per heavy atom. The number of thioether (sulfide) groups is 1. The average molecular weight is 1080 g/mol. The second-order valence-corrected chi connectivity index (χ2v) is 20.6. The second-order valence-electron chi connectivity index (χ2n) is 19.4. The molecule has 11 nitrogen and oxygen atoms in total. The van der Waals surface area contributed by atoms with Gasteiger partial charge < -0.3 is 47.4 Å². The van der Waals surface area contributed by atoms with Crippen LogP contribution in [0.4, 0.5) is 0 Å². The molecule has 0 radical (unpaired) electrons. The van der Waals surface area contributed by atoms with Crippen LogP contribution < -0.4 is 0 Å². The summed E-state index contributed by atoms with van der Waals surface area (Å²) in [6, 6.07) is 78.7. The molecule has 0 bridgehead atoms. The summed E-state index contributed by atoms with van der Waals surface area (Å²) in [5.41, 5.74) is 5.35. The number of hydrogen-bond acceptors (Lipinski definition) is 12. The molecule has 8 aromatic rings. The Balaban J connectivity index is 1.07. The predicted octanol–water partition coefficient (Wildman–Crippen LogP) is 12.6. The zero-order valence-corrected chi connectivity index (χ0v) is 44.7. The maximum atomic E-state index is 14.7. The Morgan fingerprint density at radius 2 is 0.684 bits per heavy atom. The van der Waals surface area contributed by atoms with Crippen molar-refractivity contribution in [1.82, 2.24) is 0 Å². The number of carbonyl (C=O) groups is 1. The summed E-state index contributed by atoms with van der Waals surface area (Å²) >= 11 is 1.49. The van der Waals surface area contributed by atoms with Crippen LogP contribution >= 0.6 is 11.8 Å². The van der Waals surface area contributed by atoms with E-state index in [9.17, 15) is 4.79 Å². The molecule has 2 saturated heterocycles. The molecule has 10 unspecified atom stereocenters. The first-order valence-electron chi connectivity index (χ1n) is 26.9. The van der Waals surface area contributed by atoms with E-state index in [0.29, 0.717) is 18.8 Å². The number of esters is 1. The van der Waals surface area contributed by atoms with Crippen LogP contribution in [0.3, 0.4) is 0 Å². The van der Waals surface area contributed by atoms with E-state index < -0.39 is 66.5 Å². The van der Waals surface area contributed by atoms with E-state index >= 15 is 0 Å². The minimum absolute atomic E-state index is 0.0691. The molecule has 0 N–H and O–H groups in total. The summed E-state index contributed by atoms with van der Waals surface area (Å²) in [5.74, 6) is -0.594. The zero-order valence-electron chi connectivity index (χ0n) is 43.9. The number of ether oxygens (including phenoxy) is 10. The minimum Gasteiger partial charge on any atom is -0.450 e. The SMILES string of the molecule is O=C(OC1C(OC2C(Sc3ccccc3)OC(COCc3ccccc3)C(OCc3ccccc3)C2OCc2ccccc2)OC(COCc2ccccc2)C(OCc2ccccc2)C1OCc1ccccc1)c1ccccc1. The maximum Gasteiger partial charge on any atom is 0.338 e. The van der Waals surface area contributed by atoms with Crippen LogP contribution in [0.1, 0.15) is 43.7 Å². The number of benzene rings is 8. The van der Waals surface area contributed by atoms with Crippen LogP contribution in [-0.2, 0) is 87.0 Å². The van der Waals surface area contributed by atoms with Crippen LogP contribution in [0.15, 0.2) is 248 Å². The Hall–Kier alpha value is -6.78. The van der Waals surface area contributed by atoms with Crippen LogP contribution in [-0.4, -0.2) is 79.7 Å². The predicted molar refractivity (Wildman–Crippen MR) is 302 cm³/mol. The van der Waals surface area contributed by atoms with Gasteiger partial charge in [0.05, 0.1) is 58.4 Å². The van der Waals surface area contributed by atoms with E-state index in [-0.39, 0.29) is 39.6 Å². The normalized spacial score (nSPS) is 22.9. The van der Waals surface area contributed by atoms with E-state index in [1.54, 1.807) is 24.3 Å². The molecule has 0 amide bonds. The van der Waals surface area contributed by atoms with Crippen LogP contribution in [0.5, 0.6) is 0 Å². The molecular weight excluding hydrogens is 1010 g/mol. The molecule has 0 saturated carbocycles. The Morgan fingerprint density at radius 1 is 0.354 bits per heavy atom. The van der Waals surface area contributed by atoms with E-state index in [1.165, 1.54) is 11.8 Å². The van der Waals surface area contributed by atoms with Crippen molar-refractivity contribution in [3.63, 3.8) is 0 Å². The topological polar surface area (TPSA) is 109 Å². The van der Waals surface area contributed by atoms with E-state index in [0.717, 1.165) is 38.3 Å². The van der Waals surface area contributed by atoms with Gasteiger partial charge in [-0.3, -0.25) is 0 Å². The molecule has 2 aliphatic rings. The standard InChI is InChI=1S/C67H66O11S/c68-65(55-37-21-7-22-38-55)77-63-61(73-45-53-33-17-5-18-34-53)59(71-43-51-29-13-3-14-30-51)57(47-69-41-49-25-9-1-10-26-49)75-66(63)78-64-62(74-46-54-35-19-6-20-36-54)60(72-44-52-31-15-4-16-32-52)58(48-70-42-50-27-11-2-12-28-50)76-67(64)79-56-39-23-8-24-40-56/h1-40,57-64,66-67H,41-48H2. The van der Waals surface area contributed by atoms with Crippen LogP contribution in [0.25, 0.3) is 0 Å². The minimum atomic E-state index is -1.31. The first kappa shape index (κ1) is 55.5. The monoisotopic (exact) mass is 1080 g/mol. The lowest BCUT2D eigenvalue weighted by Crippen LogP contribution is -2.66. The molecule has 2 heterocycles. The number of hydrogen-bond donors (Lipinski definition) is 0. The van der Waals surface area contributed by atoms with Gasteiger partial charge in [0.15, 0.2) is 12.4 Å². The van der Waals surface area contributed by atoms with Crippen molar-refractivity contribution in [2.45, 2.75) is 105 Å². The van der Waals surface area contributed by atoms with E-state index in [1.807, 2.05) is 218 Å². The van der Waals surface area contributed by atoms with Crippen molar-refractivity contribution < 1.29 is 52.2 Å². The van der Waals surface area contributed by atoms with E-state index in [4.69, 9.17) is 47.4 Å². The molecule has 2 aliphatic heterocycles. The fraction of sp³-hybridized carbons (Fsp3) is 0.269. The fourth-order valence-electron chi connectivity index (χ4n) is 9.64. The third-order valence-corrected chi connectivity index (χ3v) is 14.8. The molecule has 2 fully saturated rings. The third kappa shape index (κ3) is 16.2. The summed E-state index contributed by atoms with van der Waals surface area (Å²) in [5, 5.41) is 0. The zero-order chi connectivity index (χ0) is 53.7. The van der Waals surface area contributed by atoms with Crippen LogP contribution in [0, 0.1) is 0 Å². The van der Waals surface area contributed by atoms with Crippen molar-refractivity contribution in [1.29, 1.82) is 0 Å². The Bertz CT molecular complexity index is 2970. The summed E-state index contributed by atoms with van der Waals surface area (Å²) < 4.78 is 70.2. The van der Waals surface area contributed by atoms with E-state index in [2.05, 4.69) is 0 Å². The van der Waals surface area contributed by atoms with Gasteiger partial charge in [0, 0.05) is 4.90 Å². The highest BCUT2D eigenvalue weighted by molar-refractivity contribution is 7.99. The van der Waals surface area contributed by atoms with Gasteiger partial charge in [0.25, 0.3) is 0 Å². The molecular formula is C67H66O11S. The van der Waals surface area contributed by atoms with Crippen molar-refractivity contribution in [3.8, 4) is 0 Å². The quantitative estimate of drug-likeness (QED) is 0.0482. The van der Waals surface area contributed by atoms with Crippen molar-refractivity contribution in [2.75, 3.05) is 13.2 Å². The first-order chi connectivity index (χ1) is 39.1. The lowest BCUT2D eigenvalue weighted by Gasteiger charge is -2.50. The third-order valence-electron chi connectivity index (χ3n) is 13.7. The Kier molecular flexibility index (Phi) is 20.7.